The highest BCUT2D eigenvalue weighted by atomic mass is 14.8. The Balaban J connectivity index is 2.14. The van der Waals surface area contributed by atoms with E-state index in [4.69, 9.17) is 5.73 Å². The summed E-state index contributed by atoms with van der Waals surface area (Å²) in [6, 6.07) is 10.9. The van der Waals surface area contributed by atoms with Crippen LogP contribution in [0.25, 0.3) is 0 Å². The van der Waals surface area contributed by atoms with E-state index in [2.05, 4.69) is 69.9 Å². The summed E-state index contributed by atoms with van der Waals surface area (Å²) in [7, 11) is 0. The van der Waals surface area contributed by atoms with E-state index in [9.17, 15) is 0 Å². The topological polar surface area (TPSA) is 38.9 Å². The molecule has 0 fully saturated rings. The van der Waals surface area contributed by atoms with Crippen molar-refractivity contribution in [3.63, 3.8) is 0 Å². The molecule has 0 aliphatic heterocycles. The Bertz CT molecular complexity index is 606. The lowest BCUT2D eigenvalue weighted by molar-refractivity contribution is 0.589. The third-order valence-electron chi connectivity index (χ3n) is 3.88. The van der Waals surface area contributed by atoms with E-state index in [0.29, 0.717) is 0 Å². The predicted octanol–water partition coefficient (Wildman–Crippen LogP) is 4.24. The van der Waals surface area contributed by atoms with Crippen molar-refractivity contribution in [2.24, 2.45) is 5.73 Å². The molecule has 1 aromatic carbocycles. The van der Waals surface area contributed by atoms with Gasteiger partial charge >= 0.3 is 0 Å². The first-order valence-corrected chi connectivity index (χ1v) is 7.55. The minimum absolute atomic E-state index is 0.0499. The number of benzene rings is 1. The Kier molecular flexibility index (Phi) is 4.48. The van der Waals surface area contributed by atoms with Gasteiger partial charge in [-0.25, -0.2) is 0 Å². The highest BCUT2D eigenvalue weighted by molar-refractivity contribution is 5.30. The van der Waals surface area contributed by atoms with Gasteiger partial charge in [-0.05, 0) is 47.9 Å². The fourth-order valence-electron chi connectivity index (χ4n) is 2.61. The molecule has 0 bridgehead atoms. The van der Waals surface area contributed by atoms with Gasteiger partial charge in [0.1, 0.15) is 0 Å². The molecule has 0 radical (unpaired) electrons. The van der Waals surface area contributed by atoms with Gasteiger partial charge in [0.2, 0.25) is 0 Å². The second-order valence-corrected chi connectivity index (χ2v) is 6.97. The summed E-state index contributed by atoms with van der Waals surface area (Å²) in [6.45, 7) is 10.8. The summed E-state index contributed by atoms with van der Waals surface area (Å²) in [4.78, 5) is 4.51. The van der Waals surface area contributed by atoms with E-state index in [1.807, 2.05) is 6.20 Å². The molecule has 2 aromatic rings. The molecular weight excluding hydrogens is 256 g/mol. The fraction of sp³-hybridized carbons (Fsp3) is 0.421. The Hall–Kier alpha value is -1.67. The lowest BCUT2D eigenvalue weighted by atomic mass is 9.86. The molecule has 1 atom stereocenters. The highest BCUT2D eigenvalue weighted by Crippen LogP contribution is 2.24. The van der Waals surface area contributed by atoms with Gasteiger partial charge in [-0.1, -0.05) is 51.1 Å². The zero-order chi connectivity index (χ0) is 15.6. The summed E-state index contributed by atoms with van der Waals surface area (Å²) < 4.78 is 0. The standard InChI is InChI=1S/C19H26N2/c1-13-10-14(2)18(21-12-13)17(20)11-15-6-8-16(9-7-15)19(3,4)5/h6-10,12,17H,11,20H2,1-5H3. The van der Waals surface area contributed by atoms with Gasteiger partial charge < -0.3 is 5.73 Å². The van der Waals surface area contributed by atoms with Crippen molar-refractivity contribution in [3.05, 3.63) is 64.5 Å². The number of hydrogen-bond donors (Lipinski definition) is 1. The average molecular weight is 282 g/mol. The molecule has 2 rings (SSSR count). The molecule has 0 aliphatic carbocycles. The first-order chi connectivity index (χ1) is 9.77. The third kappa shape index (κ3) is 3.92. The van der Waals surface area contributed by atoms with Crippen LogP contribution in [0.3, 0.4) is 0 Å². The summed E-state index contributed by atoms with van der Waals surface area (Å²) in [6.07, 6.45) is 2.71. The van der Waals surface area contributed by atoms with Crippen LogP contribution in [0.1, 0.15) is 54.8 Å². The molecule has 0 saturated heterocycles. The van der Waals surface area contributed by atoms with Crippen LogP contribution in [-0.2, 0) is 11.8 Å². The number of rotatable bonds is 3. The molecule has 2 nitrogen and oxygen atoms in total. The summed E-state index contributed by atoms with van der Waals surface area (Å²) in [5.41, 5.74) is 12.5. The third-order valence-corrected chi connectivity index (χ3v) is 3.88. The van der Waals surface area contributed by atoms with Crippen molar-refractivity contribution in [2.45, 2.75) is 52.5 Å². The number of aryl methyl sites for hydroxylation is 2. The van der Waals surface area contributed by atoms with Crippen LogP contribution in [0, 0.1) is 13.8 Å². The average Bonchev–Trinajstić information content (AvgIpc) is 2.38. The van der Waals surface area contributed by atoms with E-state index < -0.39 is 0 Å². The van der Waals surface area contributed by atoms with Crippen LogP contribution in [0.4, 0.5) is 0 Å². The zero-order valence-corrected chi connectivity index (χ0v) is 13.8. The van der Waals surface area contributed by atoms with Crippen molar-refractivity contribution in [1.82, 2.24) is 4.98 Å². The molecule has 2 N–H and O–H groups in total. The Morgan fingerprint density at radius 2 is 1.71 bits per heavy atom. The maximum absolute atomic E-state index is 6.34. The van der Waals surface area contributed by atoms with Crippen molar-refractivity contribution in [3.8, 4) is 0 Å². The first kappa shape index (κ1) is 15.7. The van der Waals surface area contributed by atoms with E-state index in [1.165, 1.54) is 22.3 Å². The van der Waals surface area contributed by atoms with Gasteiger partial charge in [0.05, 0.1) is 11.7 Å². The zero-order valence-electron chi connectivity index (χ0n) is 13.8. The molecule has 0 aliphatic rings. The predicted molar refractivity (Wildman–Crippen MR) is 89.5 cm³/mol. The largest absolute Gasteiger partial charge is 0.322 e. The van der Waals surface area contributed by atoms with Crippen LogP contribution in [0.5, 0.6) is 0 Å². The first-order valence-electron chi connectivity index (χ1n) is 7.55. The molecule has 21 heavy (non-hydrogen) atoms. The van der Waals surface area contributed by atoms with Crippen LogP contribution in [0.2, 0.25) is 0 Å². The Morgan fingerprint density at radius 1 is 1.10 bits per heavy atom. The van der Waals surface area contributed by atoms with Crippen molar-refractivity contribution >= 4 is 0 Å². The van der Waals surface area contributed by atoms with Gasteiger partial charge in [0, 0.05) is 6.20 Å². The van der Waals surface area contributed by atoms with Gasteiger partial charge in [-0.2, -0.15) is 0 Å². The smallest absolute Gasteiger partial charge is 0.0603 e. The van der Waals surface area contributed by atoms with E-state index >= 15 is 0 Å². The molecule has 1 heterocycles. The molecule has 0 amide bonds. The minimum atomic E-state index is -0.0499. The Labute approximate surface area is 128 Å². The summed E-state index contributed by atoms with van der Waals surface area (Å²) >= 11 is 0. The van der Waals surface area contributed by atoms with Crippen LogP contribution >= 0.6 is 0 Å². The summed E-state index contributed by atoms with van der Waals surface area (Å²) in [5.74, 6) is 0. The molecular formula is C19H26N2. The van der Waals surface area contributed by atoms with Gasteiger partial charge in [0.15, 0.2) is 0 Å². The van der Waals surface area contributed by atoms with Crippen LogP contribution < -0.4 is 5.73 Å². The minimum Gasteiger partial charge on any atom is -0.322 e. The molecule has 0 saturated carbocycles. The van der Waals surface area contributed by atoms with Gasteiger partial charge in [-0.15, -0.1) is 0 Å². The summed E-state index contributed by atoms with van der Waals surface area (Å²) in [5, 5.41) is 0. The van der Waals surface area contributed by atoms with E-state index in [1.54, 1.807) is 0 Å². The molecule has 112 valence electrons. The van der Waals surface area contributed by atoms with Crippen molar-refractivity contribution in [1.29, 1.82) is 0 Å². The van der Waals surface area contributed by atoms with E-state index in [-0.39, 0.29) is 11.5 Å². The molecule has 2 heteroatoms. The highest BCUT2D eigenvalue weighted by Gasteiger charge is 2.15. The second kappa shape index (κ2) is 5.98. The van der Waals surface area contributed by atoms with Crippen LogP contribution in [-0.4, -0.2) is 4.98 Å². The van der Waals surface area contributed by atoms with Crippen molar-refractivity contribution in [2.75, 3.05) is 0 Å². The van der Waals surface area contributed by atoms with Crippen molar-refractivity contribution < 1.29 is 0 Å². The normalized spacial score (nSPS) is 13.2. The second-order valence-electron chi connectivity index (χ2n) is 6.97. The number of nitrogens with two attached hydrogens (primary N) is 1. The number of hydrogen-bond acceptors (Lipinski definition) is 2. The van der Waals surface area contributed by atoms with Gasteiger partial charge in [-0.3, -0.25) is 4.98 Å². The number of nitrogens with zero attached hydrogens (tertiary/aromatic N) is 1. The lowest BCUT2D eigenvalue weighted by Gasteiger charge is -2.20. The lowest BCUT2D eigenvalue weighted by Crippen LogP contribution is -2.17. The molecule has 1 unspecified atom stereocenters. The van der Waals surface area contributed by atoms with E-state index in [0.717, 1.165) is 12.1 Å². The SMILES string of the molecule is Cc1cnc(C(N)Cc2ccc(C(C)(C)C)cc2)c(C)c1. The maximum Gasteiger partial charge on any atom is 0.0603 e. The van der Waals surface area contributed by atoms with Crippen LogP contribution in [0.15, 0.2) is 36.5 Å². The monoisotopic (exact) mass is 282 g/mol. The maximum atomic E-state index is 6.34. The van der Waals surface area contributed by atoms with Gasteiger partial charge in [0.25, 0.3) is 0 Å². The quantitative estimate of drug-likeness (QED) is 0.914. The fourth-order valence-corrected chi connectivity index (χ4v) is 2.61. The number of pyridine rings is 1. The molecule has 0 spiro atoms. The Morgan fingerprint density at radius 3 is 2.24 bits per heavy atom. The number of aromatic nitrogens is 1. The molecule has 1 aromatic heterocycles.